The number of halogens is 2. The molecule has 0 N–H and O–H groups in total. The number of nitrogens with zero attached hydrogens (tertiary/aromatic N) is 4. The minimum absolute atomic E-state index is 0.0486. The number of pyridine rings is 1. The van der Waals surface area contributed by atoms with Crippen LogP contribution in [-0.4, -0.2) is 18.8 Å². The molecule has 0 bridgehead atoms. The second kappa shape index (κ2) is 6.72. The zero-order valence-electron chi connectivity index (χ0n) is 12.9. The Morgan fingerprint density at radius 3 is 2.96 bits per heavy atom. The number of benzene rings is 1. The van der Waals surface area contributed by atoms with E-state index in [0.717, 1.165) is 21.6 Å². The lowest BCUT2D eigenvalue weighted by molar-refractivity contribution is 0.595. The summed E-state index contributed by atoms with van der Waals surface area (Å²) in [5, 5.41) is 15.0. The smallest absolute Gasteiger partial charge is 0.186 e. The van der Waals surface area contributed by atoms with Crippen molar-refractivity contribution in [2.24, 2.45) is 0 Å². The maximum absolute atomic E-state index is 14.0. The van der Waals surface area contributed by atoms with Crippen molar-refractivity contribution in [2.75, 3.05) is 0 Å². The molecule has 1 unspecified atom stereocenters. The van der Waals surface area contributed by atoms with E-state index >= 15 is 0 Å². The summed E-state index contributed by atoms with van der Waals surface area (Å²) in [5.41, 5.74) is 2.50. The molecule has 0 amide bonds. The molecular weight excluding hydrogens is 439 g/mol. The standard InChI is InChI=1S/C17H8BrFN4OS2/c18-11-3-4-23-15(6-11)12(8-21-23)14-9-25-17(22-14)26(24)16-5-10(7-20)1-2-13(16)19/h1-6,8-9H. The summed E-state index contributed by atoms with van der Waals surface area (Å²) in [4.78, 5) is 4.36. The zero-order valence-corrected chi connectivity index (χ0v) is 16.1. The molecule has 3 aromatic heterocycles. The van der Waals surface area contributed by atoms with E-state index < -0.39 is 16.6 Å². The van der Waals surface area contributed by atoms with E-state index in [1.165, 1.54) is 23.5 Å². The molecule has 5 nitrogen and oxygen atoms in total. The normalized spacial score (nSPS) is 12.2. The van der Waals surface area contributed by atoms with Crippen LogP contribution in [0.1, 0.15) is 5.56 Å². The first-order chi connectivity index (χ1) is 12.6. The van der Waals surface area contributed by atoms with E-state index in [9.17, 15) is 8.60 Å². The molecule has 0 radical (unpaired) electrons. The van der Waals surface area contributed by atoms with Gasteiger partial charge in [0.25, 0.3) is 0 Å². The number of thiazole rings is 1. The van der Waals surface area contributed by atoms with Gasteiger partial charge >= 0.3 is 0 Å². The average Bonchev–Trinajstić information content (AvgIpc) is 3.28. The highest BCUT2D eigenvalue weighted by molar-refractivity contribution is 9.10. The Kier molecular flexibility index (Phi) is 4.40. The van der Waals surface area contributed by atoms with E-state index in [1.807, 2.05) is 24.4 Å². The highest BCUT2D eigenvalue weighted by Gasteiger charge is 2.18. The van der Waals surface area contributed by atoms with Gasteiger partial charge in [-0.3, -0.25) is 0 Å². The fourth-order valence-corrected chi connectivity index (χ4v) is 4.92. The largest absolute Gasteiger partial charge is 0.246 e. The topological polar surface area (TPSA) is 71.0 Å². The number of nitriles is 1. The van der Waals surface area contributed by atoms with Crippen LogP contribution in [0.15, 0.2) is 61.8 Å². The molecule has 0 spiro atoms. The molecule has 0 saturated carbocycles. The molecule has 26 heavy (non-hydrogen) atoms. The molecule has 0 aliphatic carbocycles. The minimum atomic E-state index is -1.80. The summed E-state index contributed by atoms with van der Waals surface area (Å²) in [6, 6.07) is 9.48. The summed E-state index contributed by atoms with van der Waals surface area (Å²) in [5.74, 6) is -0.626. The Morgan fingerprint density at radius 1 is 1.31 bits per heavy atom. The van der Waals surface area contributed by atoms with Crippen LogP contribution in [-0.2, 0) is 10.8 Å². The van der Waals surface area contributed by atoms with E-state index in [-0.39, 0.29) is 14.8 Å². The van der Waals surface area contributed by atoms with Gasteiger partial charge in [-0.25, -0.2) is 18.1 Å². The highest BCUT2D eigenvalue weighted by Crippen LogP contribution is 2.30. The highest BCUT2D eigenvalue weighted by atomic mass is 79.9. The second-order valence-corrected chi connectivity index (χ2v) is 8.65. The van der Waals surface area contributed by atoms with Crippen molar-refractivity contribution in [3.8, 4) is 17.3 Å². The Hall–Kier alpha value is -2.41. The lowest BCUT2D eigenvalue weighted by Gasteiger charge is -2.01. The first-order valence-corrected chi connectivity index (χ1v) is 10.1. The third-order valence-electron chi connectivity index (χ3n) is 3.66. The molecule has 128 valence electrons. The van der Waals surface area contributed by atoms with Crippen molar-refractivity contribution in [3.05, 3.63) is 64.0 Å². The van der Waals surface area contributed by atoms with Gasteiger partial charge in [0.1, 0.15) is 16.6 Å². The maximum atomic E-state index is 14.0. The van der Waals surface area contributed by atoms with Crippen molar-refractivity contribution < 1.29 is 8.60 Å². The Bertz CT molecular complexity index is 1210. The van der Waals surface area contributed by atoms with Gasteiger partial charge in [-0.05, 0) is 30.3 Å². The molecule has 1 atom stereocenters. The Labute approximate surface area is 162 Å². The van der Waals surface area contributed by atoms with E-state index in [4.69, 9.17) is 5.26 Å². The zero-order chi connectivity index (χ0) is 18.3. The third kappa shape index (κ3) is 2.96. The monoisotopic (exact) mass is 446 g/mol. The summed E-state index contributed by atoms with van der Waals surface area (Å²) >= 11 is 4.60. The molecule has 0 aliphatic heterocycles. The van der Waals surface area contributed by atoms with Crippen LogP contribution >= 0.6 is 27.3 Å². The van der Waals surface area contributed by atoms with Crippen LogP contribution in [0.2, 0.25) is 0 Å². The molecule has 0 aliphatic rings. The van der Waals surface area contributed by atoms with Crippen molar-refractivity contribution in [1.82, 2.24) is 14.6 Å². The van der Waals surface area contributed by atoms with E-state index in [0.29, 0.717) is 5.69 Å². The molecule has 1 aromatic carbocycles. The molecule has 0 saturated heterocycles. The third-order valence-corrected chi connectivity index (χ3v) is 6.65. The van der Waals surface area contributed by atoms with Gasteiger partial charge in [0.15, 0.2) is 4.34 Å². The van der Waals surface area contributed by atoms with Crippen LogP contribution < -0.4 is 0 Å². The molecular formula is C17H8BrFN4OS2. The number of fused-ring (bicyclic) bond motifs is 1. The van der Waals surface area contributed by atoms with Crippen LogP contribution in [0, 0.1) is 17.1 Å². The van der Waals surface area contributed by atoms with E-state index in [1.54, 1.807) is 16.1 Å². The van der Waals surface area contributed by atoms with Crippen molar-refractivity contribution in [1.29, 1.82) is 5.26 Å². The van der Waals surface area contributed by atoms with Crippen molar-refractivity contribution >= 4 is 43.6 Å². The Balaban J connectivity index is 1.75. The molecule has 0 fully saturated rings. The summed E-state index contributed by atoms with van der Waals surface area (Å²) in [6.45, 7) is 0. The first kappa shape index (κ1) is 17.0. The van der Waals surface area contributed by atoms with Gasteiger partial charge in [0, 0.05) is 21.6 Å². The molecule has 3 heterocycles. The van der Waals surface area contributed by atoms with Gasteiger partial charge in [-0.15, -0.1) is 11.3 Å². The van der Waals surface area contributed by atoms with Crippen molar-refractivity contribution in [2.45, 2.75) is 9.24 Å². The van der Waals surface area contributed by atoms with Gasteiger partial charge in [0.05, 0.1) is 33.9 Å². The van der Waals surface area contributed by atoms with E-state index in [2.05, 4.69) is 26.0 Å². The maximum Gasteiger partial charge on any atom is 0.186 e. The lowest BCUT2D eigenvalue weighted by atomic mass is 10.2. The van der Waals surface area contributed by atoms with Gasteiger partial charge in [-0.2, -0.15) is 10.4 Å². The predicted molar refractivity (Wildman–Crippen MR) is 99.8 cm³/mol. The molecule has 4 aromatic rings. The van der Waals surface area contributed by atoms with Crippen LogP contribution in [0.3, 0.4) is 0 Å². The number of rotatable bonds is 3. The van der Waals surface area contributed by atoms with Gasteiger partial charge < -0.3 is 0 Å². The van der Waals surface area contributed by atoms with Gasteiger partial charge in [-0.1, -0.05) is 15.9 Å². The van der Waals surface area contributed by atoms with Crippen LogP contribution in [0.5, 0.6) is 0 Å². The van der Waals surface area contributed by atoms with Crippen LogP contribution in [0.4, 0.5) is 4.39 Å². The summed E-state index contributed by atoms with van der Waals surface area (Å²) in [7, 11) is -1.80. The number of aromatic nitrogens is 3. The average molecular weight is 447 g/mol. The minimum Gasteiger partial charge on any atom is -0.246 e. The first-order valence-electron chi connectivity index (χ1n) is 7.27. The summed E-state index contributed by atoms with van der Waals surface area (Å²) < 4.78 is 29.6. The predicted octanol–water partition coefficient (Wildman–Crippen LogP) is 4.40. The Morgan fingerprint density at radius 2 is 2.15 bits per heavy atom. The second-order valence-electron chi connectivity index (χ2n) is 5.26. The molecule has 4 rings (SSSR count). The van der Waals surface area contributed by atoms with Gasteiger partial charge in [0.2, 0.25) is 0 Å². The number of hydrogen-bond acceptors (Lipinski definition) is 5. The van der Waals surface area contributed by atoms with Crippen LogP contribution in [0.25, 0.3) is 16.8 Å². The SMILES string of the molecule is N#Cc1ccc(F)c(S(=O)c2nc(-c3cnn4ccc(Br)cc34)cs2)c1. The molecule has 9 heteroatoms. The summed E-state index contributed by atoms with van der Waals surface area (Å²) in [6.07, 6.45) is 3.50. The quantitative estimate of drug-likeness (QED) is 0.467. The van der Waals surface area contributed by atoms with Crippen molar-refractivity contribution in [3.63, 3.8) is 0 Å². The lowest BCUT2D eigenvalue weighted by Crippen LogP contribution is -1.97. The number of hydrogen-bond donors (Lipinski definition) is 0. The fourth-order valence-electron chi connectivity index (χ4n) is 2.43. The fraction of sp³-hybridized carbons (Fsp3) is 0.